The summed E-state index contributed by atoms with van der Waals surface area (Å²) in [6.07, 6.45) is 0. The van der Waals surface area contributed by atoms with Crippen molar-refractivity contribution in [3.63, 3.8) is 0 Å². The fraction of sp³-hybridized carbons (Fsp3) is 0.235. The van der Waals surface area contributed by atoms with Gasteiger partial charge in [0.05, 0.1) is 31.9 Å². The van der Waals surface area contributed by atoms with Crippen LogP contribution in [0.15, 0.2) is 36.4 Å². The topological polar surface area (TPSA) is 56.4 Å². The number of aromatic amines is 1. The van der Waals surface area contributed by atoms with Crippen molar-refractivity contribution in [2.24, 2.45) is 0 Å². The first-order valence-electron chi connectivity index (χ1n) is 7.10. The van der Waals surface area contributed by atoms with Crippen molar-refractivity contribution in [1.82, 2.24) is 9.97 Å². The monoisotopic (exact) mass is 298 g/mol. The zero-order valence-corrected chi connectivity index (χ0v) is 12.8. The highest BCUT2D eigenvalue weighted by Gasteiger charge is 2.11. The summed E-state index contributed by atoms with van der Waals surface area (Å²) in [5.41, 5.74) is 2.74. The quantitative estimate of drug-likeness (QED) is 0.781. The van der Waals surface area contributed by atoms with Gasteiger partial charge in [0.2, 0.25) is 0 Å². The van der Waals surface area contributed by atoms with Crippen LogP contribution in [0.3, 0.4) is 0 Å². The smallest absolute Gasteiger partial charge is 0.163 e. The lowest BCUT2D eigenvalue weighted by Gasteiger charge is -2.06. The lowest BCUT2D eigenvalue weighted by molar-refractivity contribution is 0.340. The van der Waals surface area contributed by atoms with E-state index in [1.807, 2.05) is 43.3 Å². The van der Waals surface area contributed by atoms with Gasteiger partial charge in [0, 0.05) is 17.7 Å². The van der Waals surface area contributed by atoms with Crippen LogP contribution in [-0.4, -0.2) is 30.8 Å². The molecule has 0 saturated carbocycles. The van der Waals surface area contributed by atoms with Crippen molar-refractivity contribution in [3.8, 4) is 28.6 Å². The van der Waals surface area contributed by atoms with Gasteiger partial charge >= 0.3 is 0 Å². The number of ether oxygens (including phenoxy) is 3. The van der Waals surface area contributed by atoms with Gasteiger partial charge in [0.15, 0.2) is 11.5 Å². The molecule has 0 aliphatic rings. The van der Waals surface area contributed by atoms with Gasteiger partial charge in [0.25, 0.3) is 0 Å². The number of nitrogens with one attached hydrogen (secondary N) is 1. The van der Waals surface area contributed by atoms with Gasteiger partial charge in [-0.2, -0.15) is 0 Å². The molecule has 0 fully saturated rings. The third kappa shape index (κ3) is 2.57. The minimum Gasteiger partial charge on any atom is -0.494 e. The van der Waals surface area contributed by atoms with E-state index in [1.54, 1.807) is 14.2 Å². The maximum absolute atomic E-state index is 5.45. The summed E-state index contributed by atoms with van der Waals surface area (Å²) in [5, 5.41) is 0. The van der Waals surface area contributed by atoms with Gasteiger partial charge in [-0.3, -0.25) is 0 Å². The second-order valence-corrected chi connectivity index (χ2v) is 4.77. The van der Waals surface area contributed by atoms with Gasteiger partial charge in [-0.25, -0.2) is 4.98 Å². The Morgan fingerprint density at radius 1 is 1.00 bits per heavy atom. The molecule has 0 aliphatic heterocycles. The van der Waals surface area contributed by atoms with Gasteiger partial charge in [-0.15, -0.1) is 0 Å². The van der Waals surface area contributed by atoms with Crippen molar-refractivity contribution in [1.29, 1.82) is 0 Å². The predicted molar refractivity (Wildman–Crippen MR) is 85.8 cm³/mol. The van der Waals surface area contributed by atoms with Crippen LogP contribution in [0.4, 0.5) is 0 Å². The first kappa shape index (κ1) is 14.3. The number of fused-ring (bicyclic) bond motifs is 1. The van der Waals surface area contributed by atoms with Crippen LogP contribution in [0.25, 0.3) is 22.4 Å². The molecule has 114 valence electrons. The minimum atomic E-state index is 0.656. The number of benzene rings is 2. The van der Waals surface area contributed by atoms with Crippen LogP contribution in [0.2, 0.25) is 0 Å². The van der Waals surface area contributed by atoms with Crippen LogP contribution in [0.1, 0.15) is 6.92 Å². The molecule has 5 heteroatoms. The number of rotatable bonds is 5. The van der Waals surface area contributed by atoms with Crippen molar-refractivity contribution in [2.45, 2.75) is 6.92 Å². The van der Waals surface area contributed by atoms with Crippen LogP contribution in [0, 0.1) is 0 Å². The molecule has 1 N–H and O–H groups in total. The molecule has 0 atom stereocenters. The summed E-state index contributed by atoms with van der Waals surface area (Å²) in [6, 6.07) is 11.6. The molecule has 0 aliphatic carbocycles. The zero-order chi connectivity index (χ0) is 15.5. The Kier molecular flexibility index (Phi) is 3.87. The Hall–Kier alpha value is -2.69. The fourth-order valence-electron chi connectivity index (χ4n) is 2.35. The molecule has 1 heterocycles. The van der Waals surface area contributed by atoms with Crippen LogP contribution >= 0.6 is 0 Å². The van der Waals surface area contributed by atoms with Crippen molar-refractivity contribution < 1.29 is 14.2 Å². The van der Waals surface area contributed by atoms with Gasteiger partial charge in [-0.1, -0.05) is 0 Å². The Labute approximate surface area is 128 Å². The summed E-state index contributed by atoms with van der Waals surface area (Å²) in [6.45, 7) is 2.62. The van der Waals surface area contributed by atoms with E-state index in [0.29, 0.717) is 18.1 Å². The molecule has 3 rings (SSSR count). The van der Waals surface area contributed by atoms with Gasteiger partial charge in [-0.05, 0) is 31.2 Å². The van der Waals surface area contributed by atoms with Crippen LogP contribution in [-0.2, 0) is 0 Å². The third-order valence-electron chi connectivity index (χ3n) is 3.43. The number of imidazole rings is 1. The van der Waals surface area contributed by atoms with Crippen molar-refractivity contribution >= 4 is 11.0 Å². The first-order valence-corrected chi connectivity index (χ1v) is 7.10. The summed E-state index contributed by atoms with van der Waals surface area (Å²) in [4.78, 5) is 7.91. The van der Waals surface area contributed by atoms with E-state index >= 15 is 0 Å². The van der Waals surface area contributed by atoms with Gasteiger partial charge < -0.3 is 19.2 Å². The van der Waals surface area contributed by atoms with E-state index in [4.69, 9.17) is 14.2 Å². The van der Waals surface area contributed by atoms with Crippen molar-refractivity contribution in [2.75, 3.05) is 20.8 Å². The summed E-state index contributed by atoms with van der Waals surface area (Å²) in [5.74, 6) is 3.00. The third-order valence-corrected chi connectivity index (χ3v) is 3.43. The molecule has 0 amide bonds. The van der Waals surface area contributed by atoms with E-state index < -0.39 is 0 Å². The molecule has 0 unspecified atom stereocenters. The number of hydrogen-bond donors (Lipinski definition) is 1. The fourth-order valence-corrected chi connectivity index (χ4v) is 2.35. The van der Waals surface area contributed by atoms with E-state index in [0.717, 1.165) is 28.2 Å². The lowest BCUT2D eigenvalue weighted by Crippen LogP contribution is -1.90. The number of aromatic nitrogens is 2. The molecule has 1 aromatic heterocycles. The molecular weight excluding hydrogens is 280 g/mol. The Morgan fingerprint density at radius 3 is 2.32 bits per heavy atom. The highest BCUT2D eigenvalue weighted by Crippen LogP contribution is 2.32. The average Bonchev–Trinajstić information content (AvgIpc) is 2.97. The Morgan fingerprint density at radius 2 is 1.68 bits per heavy atom. The van der Waals surface area contributed by atoms with E-state index in [-0.39, 0.29) is 0 Å². The maximum atomic E-state index is 5.45. The number of nitrogens with zero attached hydrogens (tertiary/aromatic N) is 1. The average molecular weight is 298 g/mol. The Balaban J connectivity index is 2.00. The predicted octanol–water partition coefficient (Wildman–Crippen LogP) is 3.65. The second kappa shape index (κ2) is 5.97. The number of H-pyrrole nitrogens is 1. The minimum absolute atomic E-state index is 0.656. The zero-order valence-electron chi connectivity index (χ0n) is 12.8. The maximum Gasteiger partial charge on any atom is 0.163 e. The highest BCUT2D eigenvalue weighted by molar-refractivity contribution is 5.83. The SMILES string of the molecule is CCOc1ccc(-c2nc3cc(OC)c(OC)cc3[nH]2)cc1. The molecule has 2 aromatic carbocycles. The molecule has 5 nitrogen and oxygen atoms in total. The molecule has 0 saturated heterocycles. The number of methoxy groups -OCH3 is 2. The van der Waals surface area contributed by atoms with Crippen LogP contribution in [0.5, 0.6) is 17.2 Å². The molecule has 3 aromatic rings. The summed E-state index contributed by atoms with van der Waals surface area (Å²) in [7, 11) is 3.23. The standard InChI is InChI=1S/C17H18N2O3/c1-4-22-12-7-5-11(6-8-12)17-18-13-9-15(20-2)16(21-3)10-14(13)19-17/h5-10H,4H2,1-3H3,(H,18,19). The summed E-state index contributed by atoms with van der Waals surface area (Å²) < 4.78 is 16.1. The van der Waals surface area contributed by atoms with E-state index in [2.05, 4.69) is 9.97 Å². The van der Waals surface area contributed by atoms with Crippen molar-refractivity contribution in [3.05, 3.63) is 36.4 Å². The largest absolute Gasteiger partial charge is 0.494 e. The normalized spacial score (nSPS) is 10.7. The second-order valence-electron chi connectivity index (χ2n) is 4.77. The van der Waals surface area contributed by atoms with E-state index in [1.165, 1.54) is 0 Å². The highest BCUT2D eigenvalue weighted by atomic mass is 16.5. The Bertz CT molecular complexity index is 737. The molecule has 0 spiro atoms. The van der Waals surface area contributed by atoms with Crippen LogP contribution < -0.4 is 14.2 Å². The lowest BCUT2D eigenvalue weighted by atomic mass is 10.2. The molecule has 0 bridgehead atoms. The molecule has 0 radical (unpaired) electrons. The van der Waals surface area contributed by atoms with Gasteiger partial charge in [0.1, 0.15) is 11.6 Å². The summed E-state index contributed by atoms with van der Waals surface area (Å²) >= 11 is 0. The molecule has 22 heavy (non-hydrogen) atoms. The van der Waals surface area contributed by atoms with E-state index in [9.17, 15) is 0 Å². The number of hydrogen-bond acceptors (Lipinski definition) is 4. The first-order chi connectivity index (χ1) is 10.7. The molecular formula is C17H18N2O3.